The Hall–Kier alpha value is -1.98. The maximum Gasteiger partial charge on any atom is 0.231 e. The third-order valence-electron chi connectivity index (χ3n) is 3.33. The normalized spacial score (nSPS) is 13.5. The number of hydrogen-bond acceptors (Lipinski definition) is 4. The summed E-state index contributed by atoms with van der Waals surface area (Å²) in [6.07, 6.45) is 4.66. The minimum Gasteiger partial charge on any atom is -0.310 e. The molecule has 6 nitrogen and oxygen atoms in total. The lowest BCUT2D eigenvalue weighted by Crippen LogP contribution is -2.20. The molecule has 0 spiro atoms. The van der Waals surface area contributed by atoms with Gasteiger partial charge in [0.2, 0.25) is 17.8 Å². The molecule has 2 amide bonds. The molecule has 0 fully saturated rings. The van der Waals surface area contributed by atoms with Crippen molar-refractivity contribution in [2.24, 2.45) is 0 Å². The van der Waals surface area contributed by atoms with E-state index >= 15 is 0 Å². The van der Waals surface area contributed by atoms with E-state index in [1.807, 2.05) is 0 Å². The van der Waals surface area contributed by atoms with Crippen molar-refractivity contribution in [2.45, 2.75) is 52.4 Å². The van der Waals surface area contributed by atoms with Crippen molar-refractivity contribution in [3.8, 4) is 0 Å². The molecule has 1 aromatic rings. The summed E-state index contributed by atoms with van der Waals surface area (Å²) in [5.41, 5.74) is 1.94. The molecule has 6 heteroatoms. The SMILES string of the molecule is CCC(=O)Nc1nc2c(c(NC(=O)CC)n1)CCCC2. The summed E-state index contributed by atoms with van der Waals surface area (Å²) in [5, 5.41) is 5.47. The zero-order valence-corrected chi connectivity index (χ0v) is 12.0. The van der Waals surface area contributed by atoms with Crippen molar-refractivity contribution in [1.29, 1.82) is 0 Å². The minimum atomic E-state index is -0.131. The number of rotatable bonds is 4. The van der Waals surface area contributed by atoms with E-state index in [9.17, 15) is 9.59 Å². The highest BCUT2D eigenvalue weighted by Crippen LogP contribution is 2.26. The summed E-state index contributed by atoms with van der Waals surface area (Å²) in [4.78, 5) is 31.7. The summed E-state index contributed by atoms with van der Waals surface area (Å²) in [5.74, 6) is 0.620. The van der Waals surface area contributed by atoms with Crippen LogP contribution in [0.4, 0.5) is 11.8 Å². The van der Waals surface area contributed by atoms with Crippen molar-refractivity contribution in [1.82, 2.24) is 9.97 Å². The van der Waals surface area contributed by atoms with E-state index < -0.39 is 0 Å². The summed E-state index contributed by atoms with van der Waals surface area (Å²) < 4.78 is 0. The van der Waals surface area contributed by atoms with E-state index in [0.717, 1.165) is 36.9 Å². The van der Waals surface area contributed by atoms with E-state index in [0.29, 0.717) is 18.7 Å². The van der Waals surface area contributed by atoms with Gasteiger partial charge in [-0.1, -0.05) is 13.8 Å². The van der Waals surface area contributed by atoms with Gasteiger partial charge in [-0.2, -0.15) is 4.98 Å². The van der Waals surface area contributed by atoms with E-state index in [2.05, 4.69) is 20.6 Å². The van der Waals surface area contributed by atoms with Gasteiger partial charge >= 0.3 is 0 Å². The fraction of sp³-hybridized carbons (Fsp3) is 0.571. The molecule has 0 unspecified atom stereocenters. The van der Waals surface area contributed by atoms with Crippen LogP contribution in [0.5, 0.6) is 0 Å². The van der Waals surface area contributed by atoms with Crippen LogP contribution in [0.1, 0.15) is 50.8 Å². The number of hydrogen-bond donors (Lipinski definition) is 2. The smallest absolute Gasteiger partial charge is 0.231 e. The van der Waals surface area contributed by atoms with Gasteiger partial charge in [-0.05, 0) is 25.7 Å². The van der Waals surface area contributed by atoms with Crippen LogP contribution in [0.3, 0.4) is 0 Å². The molecule has 108 valence electrons. The fourth-order valence-corrected chi connectivity index (χ4v) is 2.19. The average Bonchev–Trinajstić information content (AvgIpc) is 2.47. The van der Waals surface area contributed by atoms with Gasteiger partial charge in [-0.25, -0.2) is 4.98 Å². The molecular weight excluding hydrogens is 256 g/mol. The van der Waals surface area contributed by atoms with Crippen LogP contribution in [0, 0.1) is 0 Å². The first-order valence-electron chi connectivity index (χ1n) is 7.13. The Morgan fingerprint density at radius 3 is 2.35 bits per heavy atom. The van der Waals surface area contributed by atoms with Gasteiger partial charge < -0.3 is 5.32 Å². The second-order valence-corrected chi connectivity index (χ2v) is 4.83. The fourth-order valence-electron chi connectivity index (χ4n) is 2.19. The van der Waals surface area contributed by atoms with Crippen LogP contribution in [0.25, 0.3) is 0 Å². The number of anilines is 2. The first-order valence-corrected chi connectivity index (χ1v) is 7.13. The molecular formula is C14H20N4O2. The van der Waals surface area contributed by atoms with Crippen LogP contribution < -0.4 is 10.6 Å². The Kier molecular flexibility index (Phi) is 4.65. The Morgan fingerprint density at radius 1 is 1.00 bits per heavy atom. The molecule has 0 saturated heterocycles. The molecule has 1 aliphatic rings. The lowest BCUT2D eigenvalue weighted by molar-refractivity contribution is -0.116. The molecule has 0 atom stereocenters. The van der Waals surface area contributed by atoms with Gasteiger partial charge in [0.1, 0.15) is 5.82 Å². The van der Waals surface area contributed by atoms with E-state index in [-0.39, 0.29) is 17.8 Å². The number of aromatic nitrogens is 2. The number of amides is 2. The van der Waals surface area contributed by atoms with Gasteiger partial charge in [0.25, 0.3) is 0 Å². The number of aryl methyl sites for hydroxylation is 1. The van der Waals surface area contributed by atoms with Crippen molar-refractivity contribution in [3.63, 3.8) is 0 Å². The number of nitrogens with one attached hydrogen (secondary N) is 2. The monoisotopic (exact) mass is 276 g/mol. The Balaban J connectivity index is 2.33. The van der Waals surface area contributed by atoms with Crippen LogP contribution in [-0.4, -0.2) is 21.8 Å². The van der Waals surface area contributed by atoms with Crippen LogP contribution in [-0.2, 0) is 22.4 Å². The molecule has 2 rings (SSSR count). The molecule has 1 aromatic heterocycles. The molecule has 0 aliphatic heterocycles. The summed E-state index contributed by atoms with van der Waals surface area (Å²) in [6.45, 7) is 3.57. The topological polar surface area (TPSA) is 84.0 Å². The molecule has 0 bridgehead atoms. The largest absolute Gasteiger partial charge is 0.310 e. The first kappa shape index (κ1) is 14.4. The van der Waals surface area contributed by atoms with Crippen molar-refractivity contribution < 1.29 is 9.59 Å². The molecule has 1 heterocycles. The number of carbonyl (C=O) groups excluding carboxylic acids is 2. The van der Waals surface area contributed by atoms with Gasteiger partial charge in [-0.3, -0.25) is 14.9 Å². The van der Waals surface area contributed by atoms with Crippen LogP contribution >= 0.6 is 0 Å². The molecule has 2 N–H and O–H groups in total. The quantitative estimate of drug-likeness (QED) is 0.881. The summed E-state index contributed by atoms with van der Waals surface area (Å²) >= 11 is 0. The van der Waals surface area contributed by atoms with Gasteiger partial charge in [0.15, 0.2) is 0 Å². The standard InChI is InChI=1S/C14H20N4O2/c1-3-11(19)16-13-9-7-5-6-8-10(9)15-14(18-13)17-12(20)4-2/h3-8H2,1-2H3,(H2,15,16,17,18,19,20). The second kappa shape index (κ2) is 6.45. The lowest BCUT2D eigenvalue weighted by atomic mass is 9.96. The summed E-state index contributed by atoms with van der Waals surface area (Å²) in [7, 11) is 0. The van der Waals surface area contributed by atoms with E-state index in [1.165, 1.54) is 0 Å². The van der Waals surface area contributed by atoms with E-state index in [1.54, 1.807) is 13.8 Å². The zero-order chi connectivity index (χ0) is 14.5. The molecule has 0 radical (unpaired) electrons. The Labute approximate surface area is 118 Å². The average molecular weight is 276 g/mol. The van der Waals surface area contributed by atoms with Crippen molar-refractivity contribution in [3.05, 3.63) is 11.3 Å². The highest BCUT2D eigenvalue weighted by Gasteiger charge is 2.19. The third-order valence-corrected chi connectivity index (χ3v) is 3.33. The highest BCUT2D eigenvalue weighted by molar-refractivity contribution is 5.92. The van der Waals surface area contributed by atoms with Gasteiger partial charge in [0, 0.05) is 18.4 Å². The highest BCUT2D eigenvalue weighted by atomic mass is 16.2. The van der Waals surface area contributed by atoms with Crippen molar-refractivity contribution >= 4 is 23.6 Å². The Bertz CT molecular complexity index is 528. The molecule has 1 aliphatic carbocycles. The number of nitrogens with zero attached hydrogens (tertiary/aromatic N) is 2. The molecule has 0 saturated carbocycles. The predicted octanol–water partition coefficient (Wildman–Crippen LogP) is 2.05. The van der Waals surface area contributed by atoms with Crippen LogP contribution in [0.2, 0.25) is 0 Å². The van der Waals surface area contributed by atoms with E-state index in [4.69, 9.17) is 0 Å². The summed E-state index contributed by atoms with van der Waals surface area (Å²) in [6, 6.07) is 0. The van der Waals surface area contributed by atoms with Crippen molar-refractivity contribution in [2.75, 3.05) is 10.6 Å². The number of fused-ring (bicyclic) bond motifs is 1. The third kappa shape index (κ3) is 3.31. The first-order chi connectivity index (χ1) is 9.63. The molecule has 20 heavy (non-hydrogen) atoms. The maximum absolute atomic E-state index is 11.6. The number of carbonyl (C=O) groups is 2. The maximum atomic E-state index is 11.6. The lowest BCUT2D eigenvalue weighted by Gasteiger charge is -2.19. The zero-order valence-electron chi connectivity index (χ0n) is 12.0. The Morgan fingerprint density at radius 2 is 1.65 bits per heavy atom. The molecule has 0 aromatic carbocycles. The van der Waals surface area contributed by atoms with Gasteiger partial charge in [0.05, 0.1) is 5.69 Å². The second-order valence-electron chi connectivity index (χ2n) is 4.83. The van der Waals surface area contributed by atoms with Crippen LogP contribution in [0.15, 0.2) is 0 Å². The minimum absolute atomic E-state index is 0.0794. The predicted molar refractivity (Wildman–Crippen MR) is 76.5 cm³/mol. The van der Waals surface area contributed by atoms with Gasteiger partial charge in [-0.15, -0.1) is 0 Å².